The minimum absolute atomic E-state index is 0.0871. The molecule has 0 spiro atoms. The third kappa shape index (κ3) is 5.04. The number of nitrogens with zero attached hydrogens (tertiary/aromatic N) is 1. The fourth-order valence-corrected chi connectivity index (χ4v) is 4.12. The molecule has 1 aliphatic heterocycles. The van der Waals surface area contributed by atoms with Crippen molar-refractivity contribution in [2.24, 2.45) is 0 Å². The predicted molar refractivity (Wildman–Crippen MR) is 126 cm³/mol. The number of amides is 2. The van der Waals surface area contributed by atoms with E-state index in [0.29, 0.717) is 27.3 Å². The number of nitrogens with one attached hydrogen (secondary N) is 1. The largest absolute Gasteiger partial charge is 0.489 e. The molecule has 1 fully saturated rings. The van der Waals surface area contributed by atoms with Gasteiger partial charge >= 0.3 is 0 Å². The lowest BCUT2D eigenvalue weighted by atomic mass is 10.2. The van der Waals surface area contributed by atoms with Gasteiger partial charge in [0.1, 0.15) is 18.2 Å². The van der Waals surface area contributed by atoms with Gasteiger partial charge in [-0.25, -0.2) is 4.39 Å². The van der Waals surface area contributed by atoms with Crippen LogP contribution in [0.4, 0.5) is 4.39 Å². The van der Waals surface area contributed by atoms with Crippen molar-refractivity contribution in [1.29, 1.82) is 0 Å². The van der Waals surface area contributed by atoms with Gasteiger partial charge in [0, 0.05) is 11.1 Å². The van der Waals surface area contributed by atoms with Gasteiger partial charge in [0.2, 0.25) is 0 Å². The van der Waals surface area contributed by atoms with Crippen LogP contribution in [0.5, 0.6) is 5.75 Å². The summed E-state index contributed by atoms with van der Waals surface area (Å²) in [6.07, 6.45) is 1.67. The fraction of sp³-hybridized carbons (Fsp3) is 0.0417. The molecule has 3 aromatic rings. The van der Waals surface area contributed by atoms with E-state index in [9.17, 15) is 14.0 Å². The Balaban J connectivity index is 1.45. The van der Waals surface area contributed by atoms with Crippen LogP contribution in [0.3, 0.4) is 0 Å². The molecule has 32 heavy (non-hydrogen) atoms. The van der Waals surface area contributed by atoms with Crippen LogP contribution in [-0.2, 0) is 11.4 Å². The third-order valence-corrected chi connectivity index (χ3v) is 5.85. The van der Waals surface area contributed by atoms with Gasteiger partial charge in [-0.2, -0.15) is 5.01 Å². The van der Waals surface area contributed by atoms with Crippen LogP contribution < -0.4 is 10.2 Å². The average Bonchev–Trinajstić information content (AvgIpc) is 3.06. The van der Waals surface area contributed by atoms with Crippen LogP contribution in [0.2, 0.25) is 0 Å². The van der Waals surface area contributed by atoms with E-state index in [4.69, 9.17) is 17.0 Å². The summed E-state index contributed by atoms with van der Waals surface area (Å²) in [5, 5.41) is 1.07. The molecule has 160 valence electrons. The van der Waals surface area contributed by atoms with Gasteiger partial charge in [0.25, 0.3) is 11.8 Å². The van der Waals surface area contributed by atoms with Crippen molar-refractivity contribution >= 4 is 46.2 Å². The normalized spacial score (nSPS) is 14.7. The standard InChI is InChI=1S/C24H17FN2O3S2/c25-20-12-5-4-10-18(20)15-30-19-11-6-7-16(13-19)14-21-23(29)27(24(31)32-21)26-22(28)17-8-2-1-3-9-17/h1-14H,15H2,(H,26,28)/b21-14+. The van der Waals surface area contributed by atoms with Gasteiger partial charge in [0.15, 0.2) is 4.32 Å². The Kier molecular flexibility index (Phi) is 6.63. The zero-order chi connectivity index (χ0) is 22.5. The Morgan fingerprint density at radius 1 is 1.06 bits per heavy atom. The van der Waals surface area contributed by atoms with Gasteiger partial charge in [-0.3, -0.25) is 15.0 Å². The number of carbonyl (C=O) groups is 2. The number of halogens is 1. The number of benzene rings is 3. The highest BCUT2D eigenvalue weighted by Gasteiger charge is 2.33. The molecule has 2 amide bonds. The fourth-order valence-electron chi connectivity index (χ4n) is 2.94. The number of hydrogen-bond acceptors (Lipinski definition) is 5. The van der Waals surface area contributed by atoms with Crippen LogP contribution in [0.15, 0.2) is 83.8 Å². The zero-order valence-corrected chi connectivity index (χ0v) is 18.3. The van der Waals surface area contributed by atoms with E-state index in [0.717, 1.165) is 16.8 Å². The molecule has 5 nitrogen and oxygen atoms in total. The molecule has 1 saturated heterocycles. The monoisotopic (exact) mass is 464 g/mol. The number of thioether (sulfide) groups is 1. The van der Waals surface area contributed by atoms with E-state index in [-0.39, 0.29) is 16.7 Å². The first-order valence-corrected chi connectivity index (χ1v) is 10.8. The minimum Gasteiger partial charge on any atom is -0.489 e. The summed E-state index contributed by atoms with van der Waals surface area (Å²) in [6.45, 7) is 0.0871. The summed E-state index contributed by atoms with van der Waals surface area (Å²) in [5.41, 5.74) is 4.13. The molecule has 0 radical (unpaired) electrons. The number of ether oxygens (including phenoxy) is 1. The maximum atomic E-state index is 13.8. The molecule has 4 rings (SSSR count). The Bertz CT molecular complexity index is 1210. The van der Waals surface area contributed by atoms with Crippen LogP contribution in [0.25, 0.3) is 6.08 Å². The molecule has 0 saturated carbocycles. The van der Waals surface area contributed by atoms with E-state index in [1.54, 1.807) is 72.8 Å². The average molecular weight is 465 g/mol. The van der Waals surface area contributed by atoms with E-state index >= 15 is 0 Å². The maximum absolute atomic E-state index is 13.8. The number of hydrazine groups is 1. The second-order valence-electron chi connectivity index (χ2n) is 6.78. The summed E-state index contributed by atoms with van der Waals surface area (Å²) in [4.78, 5) is 25.5. The Morgan fingerprint density at radius 2 is 1.81 bits per heavy atom. The van der Waals surface area contributed by atoms with E-state index in [1.807, 2.05) is 6.07 Å². The first-order chi connectivity index (χ1) is 15.5. The molecule has 1 heterocycles. The van der Waals surface area contributed by atoms with Crippen molar-refractivity contribution in [1.82, 2.24) is 10.4 Å². The highest BCUT2D eigenvalue weighted by Crippen LogP contribution is 2.32. The quantitative estimate of drug-likeness (QED) is 0.413. The van der Waals surface area contributed by atoms with Gasteiger partial charge in [0.05, 0.1) is 4.91 Å². The van der Waals surface area contributed by atoms with E-state index in [2.05, 4.69) is 5.43 Å². The number of hydrogen-bond donors (Lipinski definition) is 1. The summed E-state index contributed by atoms with van der Waals surface area (Å²) in [5.74, 6) is -0.631. The maximum Gasteiger partial charge on any atom is 0.285 e. The van der Waals surface area contributed by atoms with E-state index in [1.165, 1.54) is 6.07 Å². The van der Waals surface area contributed by atoms with Crippen molar-refractivity contribution < 1.29 is 18.7 Å². The summed E-state index contributed by atoms with van der Waals surface area (Å²) >= 11 is 6.36. The van der Waals surface area contributed by atoms with Gasteiger partial charge < -0.3 is 4.74 Å². The van der Waals surface area contributed by atoms with Crippen LogP contribution in [-0.4, -0.2) is 21.1 Å². The van der Waals surface area contributed by atoms with Crippen LogP contribution in [0.1, 0.15) is 21.5 Å². The lowest BCUT2D eigenvalue weighted by Gasteiger charge is -2.15. The van der Waals surface area contributed by atoms with Crippen LogP contribution in [0, 0.1) is 5.82 Å². The predicted octanol–water partition coefficient (Wildman–Crippen LogP) is 4.95. The molecule has 8 heteroatoms. The molecular formula is C24H17FN2O3S2. The number of thiocarbonyl (C=S) groups is 1. The lowest BCUT2D eigenvalue weighted by Crippen LogP contribution is -2.44. The molecule has 1 aliphatic rings. The van der Waals surface area contributed by atoms with Gasteiger partial charge in [-0.05, 0) is 54.2 Å². The second kappa shape index (κ2) is 9.76. The van der Waals surface area contributed by atoms with Crippen molar-refractivity contribution in [2.75, 3.05) is 0 Å². The third-order valence-electron chi connectivity index (χ3n) is 4.55. The van der Waals surface area contributed by atoms with Crippen molar-refractivity contribution in [3.8, 4) is 5.75 Å². The molecule has 0 unspecified atom stereocenters. The highest BCUT2D eigenvalue weighted by atomic mass is 32.2. The minimum atomic E-state index is -0.424. The topological polar surface area (TPSA) is 58.6 Å². The number of carbonyl (C=O) groups excluding carboxylic acids is 2. The molecule has 0 atom stereocenters. The Hall–Kier alpha value is -3.49. The summed E-state index contributed by atoms with van der Waals surface area (Å²) in [7, 11) is 0. The van der Waals surface area contributed by atoms with E-state index < -0.39 is 11.8 Å². The smallest absolute Gasteiger partial charge is 0.285 e. The molecular weight excluding hydrogens is 447 g/mol. The highest BCUT2D eigenvalue weighted by molar-refractivity contribution is 8.26. The molecule has 0 bridgehead atoms. The first-order valence-electron chi connectivity index (χ1n) is 9.61. The van der Waals surface area contributed by atoms with Crippen molar-refractivity contribution in [2.45, 2.75) is 6.61 Å². The first kappa shape index (κ1) is 21.7. The molecule has 0 aromatic heterocycles. The van der Waals surface area contributed by atoms with Gasteiger partial charge in [-0.1, -0.05) is 60.3 Å². The van der Waals surface area contributed by atoms with Crippen LogP contribution >= 0.6 is 24.0 Å². The molecule has 0 aliphatic carbocycles. The molecule has 1 N–H and O–H groups in total. The summed E-state index contributed by atoms with van der Waals surface area (Å²) in [6, 6.07) is 22.1. The van der Waals surface area contributed by atoms with Crippen molar-refractivity contribution in [3.63, 3.8) is 0 Å². The SMILES string of the molecule is O=C(NN1C(=O)/C(=C\c2cccc(OCc3ccccc3F)c2)SC1=S)c1ccccc1. The Morgan fingerprint density at radius 3 is 2.59 bits per heavy atom. The molecule has 3 aromatic carbocycles. The number of rotatable bonds is 6. The second-order valence-corrected chi connectivity index (χ2v) is 8.45. The zero-order valence-electron chi connectivity index (χ0n) is 16.7. The van der Waals surface area contributed by atoms with Crippen molar-refractivity contribution in [3.05, 3.63) is 106 Å². The Labute approximate surface area is 193 Å². The summed E-state index contributed by atoms with van der Waals surface area (Å²) < 4.78 is 19.7. The lowest BCUT2D eigenvalue weighted by molar-refractivity contribution is -0.123. The van der Waals surface area contributed by atoms with Gasteiger partial charge in [-0.15, -0.1) is 0 Å².